The van der Waals surface area contributed by atoms with Gasteiger partial charge in [-0.15, -0.1) is 11.6 Å². The number of benzene rings is 1. The molecule has 1 aromatic rings. The lowest BCUT2D eigenvalue weighted by Crippen LogP contribution is -2.35. The van der Waals surface area contributed by atoms with Crippen LogP contribution < -0.4 is 5.32 Å². The van der Waals surface area contributed by atoms with Crippen LogP contribution in [0.5, 0.6) is 5.75 Å². The molecule has 0 atom stereocenters. The summed E-state index contributed by atoms with van der Waals surface area (Å²) < 4.78 is 0. The maximum atomic E-state index is 11.9. The number of aromatic hydroxyl groups is 1. The molecule has 0 aromatic heterocycles. The van der Waals surface area contributed by atoms with Crippen LogP contribution in [0.2, 0.25) is 0 Å². The van der Waals surface area contributed by atoms with Crippen molar-refractivity contribution in [3.05, 3.63) is 29.3 Å². The van der Waals surface area contributed by atoms with Crippen molar-refractivity contribution in [3.8, 4) is 5.75 Å². The van der Waals surface area contributed by atoms with Crippen molar-refractivity contribution >= 4 is 17.5 Å². The number of phenolic OH excluding ortho intramolecular Hbond substituents is 1. The molecule has 0 saturated carbocycles. The van der Waals surface area contributed by atoms with Gasteiger partial charge in [0.15, 0.2) is 0 Å². The van der Waals surface area contributed by atoms with Gasteiger partial charge < -0.3 is 10.4 Å². The minimum atomic E-state index is -0.274. The van der Waals surface area contributed by atoms with Crippen LogP contribution >= 0.6 is 11.6 Å². The van der Waals surface area contributed by atoms with E-state index in [1.165, 1.54) is 0 Å². The molecular weight excluding hydrogens is 238 g/mol. The lowest BCUT2D eigenvalue weighted by Gasteiger charge is -2.21. The lowest BCUT2D eigenvalue weighted by atomic mass is 9.96. The average Bonchev–Trinajstić information content (AvgIpc) is 2.30. The SMILES string of the molecule is Cc1cccc(C(=O)NCC(C)(C)CCl)c1O. The molecule has 4 heteroatoms. The predicted molar refractivity (Wildman–Crippen MR) is 69.7 cm³/mol. The van der Waals surface area contributed by atoms with Gasteiger partial charge in [-0.25, -0.2) is 0 Å². The van der Waals surface area contributed by atoms with E-state index >= 15 is 0 Å². The molecule has 0 fully saturated rings. The Morgan fingerprint density at radius 1 is 1.47 bits per heavy atom. The molecule has 0 aliphatic carbocycles. The van der Waals surface area contributed by atoms with E-state index in [0.717, 1.165) is 0 Å². The Kier molecular flexibility index (Phi) is 4.40. The Morgan fingerprint density at radius 2 is 2.12 bits per heavy atom. The number of carbonyl (C=O) groups excluding carboxylic acids is 1. The molecule has 0 bridgehead atoms. The summed E-state index contributed by atoms with van der Waals surface area (Å²) in [7, 11) is 0. The third-order valence-electron chi connectivity index (χ3n) is 2.57. The standard InChI is InChI=1S/C13H18ClNO2/c1-9-5-4-6-10(11(9)16)12(17)15-8-13(2,3)7-14/h4-6,16H,7-8H2,1-3H3,(H,15,17). The number of para-hydroxylation sites is 1. The van der Waals surface area contributed by atoms with Gasteiger partial charge in [-0.3, -0.25) is 4.79 Å². The van der Waals surface area contributed by atoms with Gasteiger partial charge >= 0.3 is 0 Å². The van der Waals surface area contributed by atoms with Gasteiger partial charge in [-0.1, -0.05) is 26.0 Å². The molecule has 0 aliphatic rings. The van der Waals surface area contributed by atoms with E-state index in [-0.39, 0.29) is 17.1 Å². The van der Waals surface area contributed by atoms with Crippen LogP contribution in [0.25, 0.3) is 0 Å². The second-order valence-electron chi connectivity index (χ2n) is 4.95. The maximum absolute atomic E-state index is 11.9. The van der Waals surface area contributed by atoms with Crippen LogP contribution in [0, 0.1) is 12.3 Å². The zero-order valence-electron chi connectivity index (χ0n) is 10.4. The van der Waals surface area contributed by atoms with Gasteiger partial charge in [0.05, 0.1) is 5.56 Å². The van der Waals surface area contributed by atoms with Gasteiger partial charge in [0.25, 0.3) is 5.91 Å². The number of carbonyl (C=O) groups is 1. The Bertz CT molecular complexity index is 416. The van der Waals surface area contributed by atoms with E-state index in [1.807, 2.05) is 13.8 Å². The summed E-state index contributed by atoms with van der Waals surface area (Å²) in [5, 5.41) is 12.5. The Balaban J connectivity index is 2.74. The van der Waals surface area contributed by atoms with E-state index in [1.54, 1.807) is 25.1 Å². The van der Waals surface area contributed by atoms with Crippen molar-refractivity contribution in [1.29, 1.82) is 0 Å². The largest absolute Gasteiger partial charge is 0.507 e. The number of amides is 1. The summed E-state index contributed by atoms with van der Waals surface area (Å²) in [6.45, 7) is 6.17. The zero-order chi connectivity index (χ0) is 13.1. The van der Waals surface area contributed by atoms with Gasteiger partial charge in [-0.05, 0) is 24.0 Å². The summed E-state index contributed by atoms with van der Waals surface area (Å²) >= 11 is 5.78. The first-order valence-electron chi connectivity index (χ1n) is 5.50. The number of rotatable bonds is 4. The maximum Gasteiger partial charge on any atom is 0.255 e. The van der Waals surface area contributed by atoms with Crippen molar-refractivity contribution in [2.24, 2.45) is 5.41 Å². The molecule has 0 heterocycles. The molecule has 0 unspecified atom stereocenters. The molecule has 2 N–H and O–H groups in total. The van der Waals surface area contributed by atoms with E-state index in [0.29, 0.717) is 23.6 Å². The number of alkyl halides is 1. The van der Waals surface area contributed by atoms with Crippen LogP contribution in [0.3, 0.4) is 0 Å². The fraction of sp³-hybridized carbons (Fsp3) is 0.462. The highest BCUT2D eigenvalue weighted by Gasteiger charge is 2.19. The fourth-order valence-electron chi connectivity index (χ4n) is 1.30. The Labute approximate surface area is 107 Å². The molecule has 0 saturated heterocycles. The van der Waals surface area contributed by atoms with Crippen LogP contribution in [-0.2, 0) is 0 Å². The summed E-state index contributed by atoms with van der Waals surface area (Å²) in [4.78, 5) is 11.9. The molecule has 1 amide bonds. The molecule has 1 aromatic carbocycles. The smallest absolute Gasteiger partial charge is 0.255 e. The van der Waals surface area contributed by atoms with E-state index in [4.69, 9.17) is 11.6 Å². The molecular formula is C13H18ClNO2. The highest BCUT2D eigenvalue weighted by Crippen LogP contribution is 2.22. The second-order valence-corrected chi connectivity index (χ2v) is 5.22. The highest BCUT2D eigenvalue weighted by molar-refractivity contribution is 6.18. The molecule has 3 nitrogen and oxygen atoms in total. The molecule has 94 valence electrons. The van der Waals surface area contributed by atoms with Gasteiger partial charge in [-0.2, -0.15) is 0 Å². The van der Waals surface area contributed by atoms with Gasteiger partial charge in [0.1, 0.15) is 5.75 Å². The predicted octanol–water partition coefficient (Wildman–Crippen LogP) is 2.70. The van der Waals surface area contributed by atoms with Crippen molar-refractivity contribution in [3.63, 3.8) is 0 Å². The molecule has 0 aliphatic heterocycles. The highest BCUT2D eigenvalue weighted by atomic mass is 35.5. The van der Waals surface area contributed by atoms with Crippen LogP contribution in [0.4, 0.5) is 0 Å². The second kappa shape index (κ2) is 5.41. The van der Waals surface area contributed by atoms with Gasteiger partial charge in [0, 0.05) is 12.4 Å². The monoisotopic (exact) mass is 255 g/mol. The first kappa shape index (κ1) is 13.8. The normalized spacial score (nSPS) is 11.3. The molecule has 17 heavy (non-hydrogen) atoms. The topological polar surface area (TPSA) is 49.3 Å². The first-order valence-corrected chi connectivity index (χ1v) is 6.03. The zero-order valence-corrected chi connectivity index (χ0v) is 11.1. The number of nitrogens with one attached hydrogen (secondary N) is 1. The number of halogens is 1. The van der Waals surface area contributed by atoms with E-state index in [2.05, 4.69) is 5.32 Å². The number of aryl methyl sites for hydroxylation is 1. The molecule has 0 radical (unpaired) electrons. The van der Waals surface area contributed by atoms with Crippen molar-refractivity contribution in [1.82, 2.24) is 5.32 Å². The van der Waals surface area contributed by atoms with E-state index in [9.17, 15) is 9.90 Å². The third-order valence-corrected chi connectivity index (χ3v) is 3.30. The minimum absolute atomic E-state index is 0.0358. The van der Waals surface area contributed by atoms with Crippen LogP contribution in [-0.4, -0.2) is 23.4 Å². The Hall–Kier alpha value is -1.22. The molecule has 0 spiro atoms. The summed E-state index contributed by atoms with van der Waals surface area (Å²) in [6.07, 6.45) is 0. The van der Waals surface area contributed by atoms with Crippen LogP contribution in [0.1, 0.15) is 29.8 Å². The third kappa shape index (κ3) is 3.63. The molecule has 1 rings (SSSR count). The van der Waals surface area contributed by atoms with Gasteiger partial charge in [0.2, 0.25) is 0 Å². The Morgan fingerprint density at radius 3 is 2.71 bits per heavy atom. The fourth-order valence-corrected chi connectivity index (χ4v) is 1.40. The minimum Gasteiger partial charge on any atom is -0.507 e. The van der Waals surface area contributed by atoms with Crippen molar-refractivity contribution in [2.45, 2.75) is 20.8 Å². The number of phenols is 1. The van der Waals surface area contributed by atoms with Crippen molar-refractivity contribution in [2.75, 3.05) is 12.4 Å². The van der Waals surface area contributed by atoms with E-state index < -0.39 is 0 Å². The summed E-state index contributed by atoms with van der Waals surface area (Å²) in [5.41, 5.74) is 0.834. The quantitative estimate of drug-likeness (QED) is 0.813. The number of hydrogen-bond acceptors (Lipinski definition) is 2. The first-order chi connectivity index (χ1) is 7.87. The van der Waals surface area contributed by atoms with Crippen LogP contribution in [0.15, 0.2) is 18.2 Å². The van der Waals surface area contributed by atoms with Crippen molar-refractivity contribution < 1.29 is 9.90 Å². The summed E-state index contributed by atoms with van der Waals surface area (Å²) in [5.74, 6) is 0.227. The summed E-state index contributed by atoms with van der Waals surface area (Å²) in [6, 6.07) is 5.11. The average molecular weight is 256 g/mol. The lowest BCUT2D eigenvalue weighted by molar-refractivity contribution is 0.0937. The number of hydrogen-bond donors (Lipinski definition) is 2.